The molecule has 0 unspecified atom stereocenters. The maximum absolute atomic E-state index is 9.15. The summed E-state index contributed by atoms with van der Waals surface area (Å²) in [6, 6.07) is 21.0. The van der Waals surface area contributed by atoms with Crippen LogP contribution < -0.4 is 5.19 Å². The fourth-order valence-electron chi connectivity index (χ4n) is 3.54. The smallest absolute Gasteiger partial charge is 0.114 e. The average Bonchev–Trinajstić information content (AvgIpc) is 2.65. The monoisotopic (exact) mass is 386 g/mol. The highest BCUT2D eigenvalue weighted by atomic mass is 28.3. The molecular formula is C23H26N2Si2. The zero-order valence-corrected chi connectivity index (χ0v) is 18.7. The summed E-state index contributed by atoms with van der Waals surface area (Å²) in [6.07, 6.45) is 1.89. The molecule has 1 aromatic heterocycles. The fourth-order valence-corrected chi connectivity index (χ4v) is 9.80. The molecule has 0 amide bonds. The van der Waals surface area contributed by atoms with Crippen molar-refractivity contribution in [3.63, 3.8) is 0 Å². The summed E-state index contributed by atoms with van der Waals surface area (Å²) < 4.78 is 0. The van der Waals surface area contributed by atoms with E-state index < -0.39 is 16.1 Å². The minimum absolute atomic E-state index is 0.706. The van der Waals surface area contributed by atoms with Crippen LogP contribution in [0.4, 0.5) is 0 Å². The molecule has 1 heterocycles. The molecule has 0 spiro atoms. The van der Waals surface area contributed by atoms with Gasteiger partial charge < -0.3 is 0 Å². The van der Waals surface area contributed by atoms with E-state index >= 15 is 0 Å². The standard InChI is InChI=1S/C23H26N2Si2/c1-26(2,3)17-22(19-13-11-18(16-24)12-14-19)27(4,5)21-10-6-8-20-9-7-15-25-23(20)21/h6-15,17H,1-5H3/b22-17+. The summed E-state index contributed by atoms with van der Waals surface area (Å²) in [6.45, 7) is 12.0. The third-order valence-corrected chi connectivity index (χ3v) is 9.85. The van der Waals surface area contributed by atoms with Gasteiger partial charge in [0, 0.05) is 11.6 Å². The lowest BCUT2D eigenvalue weighted by molar-refractivity contribution is 1.42. The van der Waals surface area contributed by atoms with Crippen molar-refractivity contribution in [1.82, 2.24) is 4.98 Å². The molecule has 0 fully saturated rings. The van der Waals surface area contributed by atoms with E-state index in [0.29, 0.717) is 5.56 Å². The van der Waals surface area contributed by atoms with Crippen molar-refractivity contribution in [2.24, 2.45) is 0 Å². The van der Waals surface area contributed by atoms with E-state index in [1.807, 2.05) is 24.4 Å². The van der Waals surface area contributed by atoms with E-state index in [1.54, 1.807) is 0 Å². The fraction of sp³-hybridized carbons (Fsp3) is 0.217. The molecule has 2 nitrogen and oxygen atoms in total. The van der Waals surface area contributed by atoms with Crippen molar-refractivity contribution >= 4 is 37.4 Å². The molecule has 136 valence electrons. The Morgan fingerprint density at radius 2 is 1.59 bits per heavy atom. The SMILES string of the molecule is C[Si](C)(C)/C=C(\c1ccc(C#N)cc1)[Si](C)(C)c1cccc2cccnc12. The van der Waals surface area contributed by atoms with Gasteiger partial charge in [-0.25, -0.2) is 0 Å². The number of nitrogens with zero attached hydrogens (tertiary/aromatic N) is 2. The van der Waals surface area contributed by atoms with E-state index in [-0.39, 0.29) is 0 Å². The number of aromatic nitrogens is 1. The minimum Gasteiger partial charge on any atom is -0.256 e. The summed E-state index contributed by atoms with van der Waals surface area (Å²) in [5.74, 6) is 0. The molecule has 0 saturated heterocycles. The van der Waals surface area contributed by atoms with Crippen LogP contribution >= 0.6 is 0 Å². The Balaban J connectivity index is 2.24. The van der Waals surface area contributed by atoms with Gasteiger partial charge in [0.25, 0.3) is 0 Å². The van der Waals surface area contributed by atoms with Crippen molar-refractivity contribution in [2.45, 2.75) is 32.7 Å². The zero-order valence-electron chi connectivity index (χ0n) is 16.7. The lowest BCUT2D eigenvalue weighted by Gasteiger charge is -2.30. The molecule has 27 heavy (non-hydrogen) atoms. The van der Waals surface area contributed by atoms with Gasteiger partial charge in [0.1, 0.15) is 8.07 Å². The highest BCUT2D eigenvalue weighted by Gasteiger charge is 2.32. The van der Waals surface area contributed by atoms with E-state index in [1.165, 1.54) is 21.3 Å². The molecule has 3 rings (SSSR count). The summed E-state index contributed by atoms with van der Waals surface area (Å²) in [7, 11) is -3.45. The molecule has 0 atom stereocenters. The molecule has 2 aromatic carbocycles. The molecule has 0 bridgehead atoms. The van der Waals surface area contributed by atoms with E-state index in [9.17, 15) is 0 Å². The highest BCUT2D eigenvalue weighted by Crippen LogP contribution is 2.30. The predicted molar refractivity (Wildman–Crippen MR) is 121 cm³/mol. The third-order valence-electron chi connectivity index (χ3n) is 4.88. The Labute approximate surface area is 164 Å². The van der Waals surface area contributed by atoms with E-state index in [0.717, 1.165) is 5.52 Å². The van der Waals surface area contributed by atoms with Crippen LogP contribution in [-0.4, -0.2) is 21.1 Å². The van der Waals surface area contributed by atoms with Crippen LogP contribution in [0.15, 0.2) is 66.5 Å². The van der Waals surface area contributed by atoms with Crippen LogP contribution in [0.2, 0.25) is 32.7 Å². The molecule has 0 radical (unpaired) electrons. The normalized spacial score (nSPS) is 12.8. The summed E-state index contributed by atoms with van der Waals surface area (Å²) in [5, 5.41) is 13.2. The molecule has 0 aliphatic rings. The molecule has 3 aromatic rings. The van der Waals surface area contributed by atoms with Gasteiger partial charge in [-0.05, 0) is 28.9 Å². The summed E-state index contributed by atoms with van der Waals surface area (Å²) in [4.78, 5) is 4.72. The number of hydrogen-bond donors (Lipinski definition) is 0. The Morgan fingerprint density at radius 1 is 0.926 bits per heavy atom. The Kier molecular flexibility index (Phi) is 5.19. The topological polar surface area (TPSA) is 36.7 Å². The highest BCUT2D eigenvalue weighted by molar-refractivity contribution is 7.07. The first-order valence-electron chi connectivity index (χ1n) is 9.30. The van der Waals surface area contributed by atoms with Crippen molar-refractivity contribution < 1.29 is 0 Å². The first-order chi connectivity index (χ1) is 12.7. The van der Waals surface area contributed by atoms with E-state index in [4.69, 9.17) is 10.2 Å². The lowest BCUT2D eigenvalue weighted by Crippen LogP contribution is -2.44. The maximum atomic E-state index is 9.15. The Hall–Kier alpha value is -2.49. The Morgan fingerprint density at radius 3 is 2.22 bits per heavy atom. The predicted octanol–water partition coefficient (Wildman–Crippen LogP) is 5.52. The average molecular weight is 387 g/mol. The second kappa shape index (κ2) is 7.26. The summed E-state index contributed by atoms with van der Waals surface area (Å²) in [5.41, 5.74) is 5.60. The van der Waals surface area contributed by atoms with Crippen molar-refractivity contribution in [3.8, 4) is 6.07 Å². The van der Waals surface area contributed by atoms with Crippen molar-refractivity contribution in [3.05, 3.63) is 77.6 Å². The van der Waals surface area contributed by atoms with Gasteiger partial charge >= 0.3 is 0 Å². The van der Waals surface area contributed by atoms with Crippen LogP contribution in [0, 0.1) is 11.3 Å². The van der Waals surface area contributed by atoms with Crippen LogP contribution in [0.3, 0.4) is 0 Å². The molecule has 0 aliphatic carbocycles. The number of nitriles is 1. The second-order valence-corrected chi connectivity index (χ2v) is 18.0. The maximum Gasteiger partial charge on any atom is 0.114 e. The first-order valence-corrected chi connectivity index (χ1v) is 15.9. The van der Waals surface area contributed by atoms with Crippen LogP contribution in [0.5, 0.6) is 0 Å². The van der Waals surface area contributed by atoms with Crippen LogP contribution in [0.1, 0.15) is 11.1 Å². The Bertz CT molecular complexity index is 1030. The number of hydrogen-bond acceptors (Lipinski definition) is 2. The molecule has 0 N–H and O–H groups in total. The van der Waals surface area contributed by atoms with Crippen molar-refractivity contribution in [1.29, 1.82) is 5.26 Å². The second-order valence-electron chi connectivity index (χ2n) is 8.62. The molecule has 0 aliphatic heterocycles. The van der Waals surface area contributed by atoms with Gasteiger partial charge in [0.15, 0.2) is 0 Å². The van der Waals surface area contributed by atoms with Gasteiger partial charge in [0.05, 0.1) is 25.2 Å². The number of benzene rings is 2. The number of pyridine rings is 1. The minimum atomic E-state index is -2.00. The van der Waals surface area contributed by atoms with Crippen LogP contribution in [0.25, 0.3) is 16.1 Å². The van der Waals surface area contributed by atoms with Gasteiger partial charge in [-0.15, -0.1) is 0 Å². The quantitative estimate of drug-likeness (QED) is 0.553. The largest absolute Gasteiger partial charge is 0.256 e. The number of para-hydroxylation sites is 1. The van der Waals surface area contributed by atoms with Gasteiger partial charge in [-0.3, -0.25) is 4.98 Å². The molecule has 0 saturated carbocycles. The number of fused-ring (bicyclic) bond motifs is 1. The number of rotatable bonds is 4. The first kappa shape index (κ1) is 19.3. The third kappa shape index (κ3) is 4.10. The summed E-state index contributed by atoms with van der Waals surface area (Å²) >= 11 is 0. The van der Waals surface area contributed by atoms with Crippen LogP contribution in [-0.2, 0) is 0 Å². The lowest BCUT2D eigenvalue weighted by atomic mass is 10.1. The van der Waals surface area contributed by atoms with Gasteiger partial charge in [0.2, 0.25) is 0 Å². The van der Waals surface area contributed by atoms with E-state index in [2.05, 4.69) is 80.9 Å². The van der Waals surface area contributed by atoms with Gasteiger partial charge in [-0.1, -0.05) is 80.0 Å². The molecular weight excluding hydrogens is 360 g/mol. The van der Waals surface area contributed by atoms with Gasteiger partial charge in [-0.2, -0.15) is 5.26 Å². The van der Waals surface area contributed by atoms with Crippen molar-refractivity contribution in [2.75, 3.05) is 0 Å². The zero-order chi connectivity index (χ0) is 19.7. The molecule has 4 heteroatoms.